The molecule has 0 aromatic carbocycles. The number of rotatable bonds is 2. The fourth-order valence-corrected chi connectivity index (χ4v) is 1.77. The minimum Gasteiger partial charge on any atom is -0.381 e. The zero-order chi connectivity index (χ0) is 9.97. The highest BCUT2D eigenvalue weighted by atomic mass is 16.5. The average molecular weight is 196 g/mol. The fraction of sp³-hybridized carbons (Fsp3) is 0.875. The third-order valence-electron chi connectivity index (χ3n) is 2.67. The first-order chi connectivity index (χ1) is 6.81. The second-order valence-electron chi connectivity index (χ2n) is 3.66. The van der Waals surface area contributed by atoms with E-state index in [1.165, 1.54) is 0 Å². The molecule has 0 N–H and O–H groups in total. The monoisotopic (exact) mass is 196 g/mol. The van der Waals surface area contributed by atoms with E-state index < -0.39 is 0 Å². The second kappa shape index (κ2) is 3.86. The Hall–Kier alpha value is -1.26. The molecule has 1 amide bonds. The molecule has 0 aliphatic carbocycles. The van der Waals surface area contributed by atoms with E-state index in [9.17, 15) is 4.79 Å². The summed E-state index contributed by atoms with van der Waals surface area (Å²) >= 11 is 0. The number of amides is 1. The maximum atomic E-state index is 11.7. The van der Waals surface area contributed by atoms with Crippen molar-refractivity contribution in [3.63, 3.8) is 0 Å². The van der Waals surface area contributed by atoms with Gasteiger partial charge in [-0.25, -0.2) is 0 Å². The fourth-order valence-electron chi connectivity index (χ4n) is 1.77. The van der Waals surface area contributed by atoms with Gasteiger partial charge < -0.3 is 9.64 Å². The molecule has 0 aromatic rings. The SMILES string of the molecule is [N-]=[N+]=NC1CN(C(=O)[C@H]2CCOC2)C1. The van der Waals surface area contributed by atoms with Gasteiger partial charge in [-0.3, -0.25) is 4.79 Å². The van der Waals surface area contributed by atoms with Gasteiger partial charge in [0.1, 0.15) is 0 Å². The van der Waals surface area contributed by atoms with Gasteiger partial charge in [0.15, 0.2) is 0 Å². The molecule has 2 fully saturated rings. The lowest BCUT2D eigenvalue weighted by molar-refractivity contribution is -0.139. The van der Waals surface area contributed by atoms with E-state index in [1.54, 1.807) is 4.90 Å². The van der Waals surface area contributed by atoms with Gasteiger partial charge in [-0.05, 0) is 12.0 Å². The largest absolute Gasteiger partial charge is 0.381 e. The molecule has 0 aromatic heterocycles. The van der Waals surface area contributed by atoms with Crippen LogP contribution < -0.4 is 0 Å². The molecule has 2 aliphatic heterocycles. The molecule has 2 saturated heterocycles. The quantitative estimate of drug-likeness (QED) is 0.367. The van der Waals surface area contributed by atoms with Gasteiger partial charge in [0, 0.05) is 24.6 Å². The summed E-state index contributed by atoms with van der Waals surface area (Å²) in [6.45, 7) is 2.37. The topological polar surface area (TPSA) is 78.3 Å². The molecule has 2 aliphatic rings. The van der Waals surface area contributed by atoms with E-state index in [2.05, 4.69) is 10.0 Å². The van der Waals surface area contributed by atoms with Crippen molar-refractivity contribution >= 4 is 5.91 Å². The number of ether oxygens (including phenoxy) is 1. The molecule has 6 heteroatoms. The molecule has 6 nitrogen and oxygen atoms in total. The van der Waals surface area contributed by atoms with E-state index in [1.807, 2.05) is 0 Å². The summed E-state index contributed by atoms with van der Waals surface area (Å²) in [5.74, 6) is 0.175. The number of carbonyl (C=O) groups excluding carboxylic acids is 1. The van der Waals surface area contributed by atoms with Crippen LogP contribution in [0, 0.1) is 5.92 Å². The van der Waals surface area contributed by atoms with Crippen molar-refractivity contribution in [1.29, 1.82) is 0 Å². The Morgan fingerprint density at radius 2 is 2.36 bits per heavy atom. The van der Waals surface area contributed by atoms with Crippen LogP contribution in [-0.2, 0) is 9.53 Å². The van der Waals surface area contributed by atoms with Gasteiger partial charge in [-0.1, -0.05) is 5.11 Å². The first-order valence-electron chi connectivity index (χ1n) is 4.72. The number of carbonyl (C=O) groups is 1. The molecule has 2 heterocycles. The van der Waals surface area contributed by atoms with Gasteiger partial charge in [0.25, 0.3) is 0 Å². The van der Waals surface area contributed by atoms with Gasteiger partial charge in [-0.2, -0.15) is 0 Å². The Morgan fingerprint density at radius 1 is 1.57 bits per heavy atom. The van der Waals surface area contributed by atoms with Crippen molar-refractivity contribution < 1.29 is 9.53 Å². The molecular formula is C8H12N4O2. The standard InChI is InChI=1S/C8H12N4O2/c9-11-10-7-3-12(4-7)8(13)6-1-2-14-5-6/h6-7H,1-5H2/t6-/m0/s1. The van der Waals surface area contributed by atoms with Gasteiger partial charge in [-0.15, -0.1) is 0 Å². The molecule has 0 unspecified atom stereocenters. The highest BCUT2D eigenvalue weighted by Gasteiger charge is 2.35. The van der Waals surface area contributed by atoms with Crippen molar-refractivity contribution in [2.45, 2.75) is 12.5 Å². The lowest BCUT2D eigenvalue weighted by Gasteiger charge is -2.37. The molecule has 0 saturated carbocycles. The van der Waals surface area contributed by atoms with Gasteiger partial charge in [0.2, 0.25) is 5.91 Å². The minimum atomic E-state index is -0.0220. The molecule has 14 heavy (non-hydrogen) atoms. The highest BCUT2D eigenvalue weighted by Crippen LogP contribution is 2.20. The lowest BCUT2D eigenvalue weighted by Crippen LogP contribution is -2.54. The number of nitrogens with zero attached hydrogens (tertiary/aromatic N) is 4. The van der Waals surface area contributed by atoms with Crippen LogP contribution in [0.25, 0.3) is 10.4 Å². The van der Waals surface area contributed by atoms with Crippen molar-refractivity contribution in [3.8, 4) is 0 Å². The highest BCUT2D eigenvalue weighted by molar-refractivity contribution is 5.80. The predicted octanol–water partition coefficient (Wildman–Crippen LogP) is 0.544. The first-order valence-corrected chi connectivity index (χ1v) is 4.72. The Balaban J connectivity index is 1.81. The number of hydrogen-bond acceptors (Lipinski definition) is 3. The summed E-state index contributed by atoms with van der Waals surface area (Å²) < 4.78 is 5.14. The molecule has 2 rings (SSSR count). The van der Waals surface area contributed by atoms with Crippen LogP contribution in [0.15, 0.2) is 5.11 Å². The van der Waals surface area contributed by atoms with E-state index in [4.69, 9.17) is 10.3 Å². The molecule has 1 atom stereocenters. The van der Waals surface area contributed by atoms with Crippen molar-refractivity contribution in [1.82, 2.24) is 4.90 Å². The third kappa shape index (κ3) is 1.66. The third-order valence-corrected chi connectivity index (χ3v) is 2.67. The van der Waals surface area contributed by atoms with E-state index in [0.29, 0.717) is 26.3 Å². The second-order valence-corrected chi connectivity index (χ2v) is 3.66. The molecule has 0 radical (unpaired) electrons. The normalized spacial score (nSPS) is 26.9. The van der Waals surface area contributed by atoms with Crippen molar-refractivity contribution in [2.75, 3.05) is 26.3 Å². The predicted molar refractivity (Wildman–Crippen MR) is 48.4 cm³/mol. The number of hydrogen-bond donors (Lipinski definition) is 0. The number of likely N-dealkylation sites (tertiary alicyclic amines) is 1. The maximum absolute atomic E-state index is 11.7. The summed E-state index contributed by atoms with van der Waals surface area (Å²) in [6.07, 6.45) is 0.821. The van der Waals surface area contributed by atoms with Crippen molar-refractivity contribution in [2.24, 2.45) is 11.0 Å². The Bertz CT molecular complexity index is 275. The smallest absolute Gasteiger partial charge is 0.228 e. The van der Waals surface area contributed by atoms with E-state index >= 15 is 0 Å². The number of azide groups is 1. The maximum Gasteiger partial charge on any atom is 0.228 e. The average Bonchev–Trinajstić information content (AvgIpc) is 2.62. The Morgan fingerprint density at radius 3 is 2.93 bits per heavy atom. The Kier molecular flexibility index (Phi) is 2.56. The van der Waals surface area contributed by atoms with Crippen molar-refractivity contribution in [3.05, 3.63) is 10.4 Å². The molecule has 76 valence electrons. The molecule has 0 bridgehead atoms. The van der Waals surface area contributed by atoms with Crippen LogP contribution in [0.5, 0.6) is 0 Å². The van der Waals surface area contributed by atoms with Crippen LogP contribution in [-0.4, -0.2) is 43.2 Å². The summed E-state index contributed by atoms with van der Waals surface area (Å²) in [7, 11) is 0. The van der Waals surface area contributed by atoms with E-state index in [0.717, 1.165) is 6.42 Å². The summed E-state index contributed by atoms with van der Waals surface area (Å²) in [4.78, 5) is 16.1. The first kappa shape index (κ1) is 9.30. The van der Waals surface area contributed by atoms with Crippen LogP contribution in [0.1, 0.15) is 6.42 Å². The zero-order valence-electron chi connectivity index (χ0n) is 7.80. The van der Waals surface area contributed by atoms with Crippen LogP contribution >= 0.6 is 0 Å². The molecule has 0 spiro atoms. The van der Waals surface area contributed by atoms with E-state index in [-0.39, 0.29) is 17.9 Å². The lowest BCUT2D eigenvalue weighted by atomic mass is 10.0. The van der Waals surface area contributed by atoms with Crippen LogP contribution in [0.3, 0.4) is 0 Å². The van der Waals surface area contributed by atoms with Crippen LogP contribution in [0.4, 0.5) is 0 Å². The summed E-state index contributed by atoms with van der Waals surface area (Å²) in [6, 6.07) is -0.0220. The molecular weight excluding hydrogens is 184 g/mol. The minimum absolute atomic E-state index is 0.0220. The van der Waals surface area contributed by atoms with Crippen LogP contribution in [0.2, 0.25) is 0 Å². The summed E-state index contributed by atoms with van der Waals surface area (Å²) in [5.41, 5.74) is 8.17. The Labute approximate surface area is 81.5 Å². The zero-order valence-corrected chi connectivity index (χ0v) is 7.80. The summed E-state index contributed by atoms with van der Waals surface area (Å²) in [5, 5.41) is 3.54. The van der Waals surface area contributed by atoms with Gasteiger partial charge >= 0.3 is 0 Å². The van der Waals surface area contributed by atoms with Gasteiger partial charge in [0.05, 0.1) is 18.6 Å².